The molecular formula is C15H30N2O. The first-order valence-electron chi connectivity index (χ1n) is 7.65. The maximum absolute atomic E-state index is 5.85. The van der Waals surface area contributed by atoms with E-state index in [0.717, 1.165) is 13.2 Å². The van der Waals surface area contributed by atoms with Gasteiger partial charge in [-0.3, -0.25) is 4.90 Å². The van der Waals surface area contributed by atoms with Gasteiger partial charge in [0.2, 0.25) is 0 Å². The van der Waals surface area contributed by atoms with Crippen LogP contribution in [0.25, 0.3) is 0 Å². The van der Waals surface area contributed by atoms with Crippen molar-refractivity contribution in [3.63, 3.8) is 0 Å². The molecule has 18 heavy (non-hydrogen) atoms. The number of ether oxygens (including phenoxy) is 1. The van der Waals surface area contributed by atoms with Crippen LogP contribution in [0.2, 0.25) is 0 Å². The van der Waals surface area contributed by atoms with E-state index in [1.165, 1.54) is 32.2 Å². The molecule has 0 spiro atoms. The highest BCUT2D eigenvalue weighted by atomic mass is 16.5. The Hall–Kier alpha value is -0.120. The Morgan fingerprint density at radius 1 is 1.39 bits per heavy atom. The minimum atomic E-state index is 0.0633. The second-order valence-corrected chi connectivity index (χ2v) is 6.69. The van der Waals surface area contributed by atoms with Crippen LogP contribution in [0.1, 0.15) is 53.4 Å². The fourth-order valence-corrected chi connectivity index (χ4v) is 3.49. The molecule has 3 unspecified atom stereocenters. The van der Waals surface area contributed by atoms with Crippen LogP contribution in [0.15, 0.2) is 0 Å². The van der Waals surface area contributed by atoms with Gasteiger partial charge in [0.1, 0.15) is 0 Å². The molecule has 2 aliphatic rings. The molecule has 0 aromatic heterocycles. The third-order valence-electron chi connectivity index (χ3n) is 4.48. The molecule has 0 aliphatic carbocycles. The summed E-state index contributed by atoms with van der Waals surface area (Å²) < 4.78 is 5.85. The van der Waals surface area contributed by atoms with Crippen molar-refractivity contribution in [2.45, 2.75) is 77.1 Å². The molecule has 2 saturated heterocycles. The van der Waals surface area contributed by atoms with Gasteiger partial charge in [0, 0.05) is 37.8 Å². The van der Waals surface area contributed by atoms with Gasteiger partial charge in [-0.25, -0.2) is 0 Å². The number of nitrogens with zero attached hydrogens (tertiary/aromatic N) is 1. The first-order chi connectivity index (χ1) is 8.52. The SMILES string of the molecule is CCCC1CN(C2CCOC(C)(C)C2)C(C)CN1. The summed E-state index contributed by atoms with van der Waals surface area (Å²) in [6, 6.07) is 2.07. The summed E-state index contributed by atoms with van der Waals surface area (Å²) >= 11 is 0. The van der Waals surface area contributed by atoms with Gasteiger partial charge in [0.05, 0.1) is 5.60 Å². The number of hydrogen-bond donors (Lipinski definition) is 1. The monoisotopic (exact) mass is 254 g/mol. The summed E-state index contributed by atoms with van der Waals surface area (Å²) in [5, 5.41) is 3.69. The lowest BCUT2D eigenvalue weighted by Crippen LogP contribution is -2.60. The molecule has 2 rings (SSSR count). The second kappa shape index (κ2) is 5.89. The Kier molecular flexibility index (Phi) is 4.68. The van der Waals surface area contributed by atoms with Crippen molar-refractivity contribution < 1.29 is 4.74 Å². The minimum absolute atomic E-state index is 0.0633. The number of nitrogens with one attached hydrogen (secondary N) is 1. The molecule has 3 heteroatoms. The van der Waals surface area contributed by atoms with Crippen LogP contribution in [0.4, 0.5) is 0 Å². The van der Waals surface area contributed by atoms with E-state index in [0.29, 0.717) is 18.1 Å². The Morgan fingerprint density at radius 2 is 2.17 bits per heavy atom. The van der Waals surface area contributed by atoms with Crippen molar-refractivity contribution in [1.82, 2.24) is 10.2 Å². The normalized spacial score (nSPS) is 37.7. The average molecular weight is 254 g/mol. The summed E-state index contributed by atoms with van der Waals surface area (Å²) in [6.07, 6.45) is 4.96. The maximum Gasteiger partial charge on any atom is 0.0641 e. The molecule has 3 atom stereocenters. The Balaban J connectivity index is 1.96. The van der Waals surface area contributed by atoms with Crippen LogP contribution in [0, 0.1) is 0 Å². The van der Waals surface area contributed by atoms with Gasteiger partial charge < -0.3 is 10.1 Å². The molecule has 0 amide bonds. The lowest BCUT2D eigenvalue weighted by Gasteiger charge is -2.47. The molecule has 0 aromatic carbocycles. The molecular weight excluding hydrogens is 224 g/mol. The van der Waals surface area contributed by atoms with E-state index in [1.807, 2.05) is 0 Å². The first kappa shape index (κ1) is 14.3. The fraction of sp³-hybridized carbons (Fsp3) is 1.00. The number of hydrogen-bond acceptors (Lipinski definition) is 3. The van der Waals surface area contributed by atoms with Gasteiger partial charge >= 0.3 is 0 Å². The summed E-state index contributed by atoms with van der Waals surface area (Å²) in [6.45, 7) is 12.4. The van der Waals surface area contributed by atoms with Crippen molar-refractivity contribution in [3.05, 3.63) is 0 Å². The summed E-state index contributed by atoms with van der Waals surface area (Å²) in [5.41, 5.74) is 0.0633. The van der Waals surface area contributed by atoms with Gasteiger partial charge in [-0.1, -0.05) is 13.3 Å². The summed E-state index contributed by atoms with van der Waals surface area (Å²) in [5.74, 6) is 0. The summed E-state index contributed by atoms with van der Waals surface area (Å²) in [4.78, 5) is 2.74. The molecule has 1 N–H and O–H groups in total. The van der Waals surface area contributed by atoms with Crippen LogP contribution in [0.3, 0.4) is 0 Å². The standard InChI is InChI=1S/C15H30N2O/c1-5-6-13-11-17(12(2)10-16-13)14-7-8-18-15(3,4)9-14/h12-14,16H,5-11H2,1-4H3. The molecule has 0 saturated carbocycles. The molecule has 106 valence electrons. The maximum atomic E-state index is 5.85. The summed E-state index contributed by atoms with van der Waals surface area (Å²) in [7, 11) is 0. The fourth-order valence-electron chi connectivity index (χ4n) is 3.49. The van der Waals surface area contributed by atoms with E-state index >= 15 is 0 Å². The van der Waals surface area contributed by atoms with Crippen LogP contribution in [-0.2, 0) is 4.74 Å². The topological polar surface area (TPSA) is 24.5 Å². The Labute approximate surface area is 112 Å². The largest absolute Gasteiger partial charge is 0.375 e. The lowest BCUT2D eigenvalue weighted by atomic mass is 9.90. The molecule has 2 heterocycles. The van der Waals surface area contributed by atoms with Gasteiger partial charge in [0.25, 0.3) is 0 Å². The van der Waals surface area contributed by atoms with Crippen molar-refractivity contribution >= 4 is 0 Å². The van der Waals surface area contributed by atoms with Gasteiger partial charge in [-0.15, -0.1) is 0 Å². The number of piperazine rings is 1. The van der Waals surface area contributed by atoms with Crippen LogP contribution >= 0.6 is 0 Å². The highest BCUT2D eigenvalue weighted by Crippen LogP contribution is 2.29. The van der Waals surface area contributed by atoms with E-state index < -0.39 is 0 Å². The number of rotatable bonds is 3. The first-order valence-corrected chi connectivity index (χ1v) is 7.65. The Bertz CT molecular complexity index is 267. The van der Waals surface area contributed by atoms with Crippen LogP contribution in [-0.4, -0.2) is 48.3 Å². The predicted molar refractivity (Wildman–Crippen MR) is 75.9 cm³/mol. The molecule has 2 aliphatic heterocycles. The lowest BCUT2D eigenvalue weighted by molar-refractivity contribution is -0.0927. The van der Waals surface area contributed by atoms with E-state index in [1.54, 1.807) is 0 Å². The van der Waals surface area contributed by atoms with Crippen LogP contribution < -0.4 is 5.32 Å². The quantitative estimate of drug-likeness (QED) is 0.837. The van der Waals surface area contributed by atoms with E-state index in [-0.39, 0.29) is 5.60 Å². The Morgan fingerprint density at radius 3 is 2.83 bits per heavy atom. The third kappa shape index (κ3) is 3.46. The zero-order valence-corrected chi connectivity index (χ0v) is 12.5. The van der Waals surface area contributed by atoms with Crippen LogP contribution in [0.5, 0.6) is 0 Å². The smallest absolute Gasteiger partial charge is 0.0641 e. The molecule has 2 fully saturated rings. The van der Waals surface area contributed by atoms with E-state index in [2.05, 4.69) is 37.9 Å². The molecule has 0 aromatic rings. The molecule has 0 bridgehead atoms. The average Bonchev–Trinajstić information content (AvgIpc) is 2.30. The van der Waals surface area contributed by atoms with Gasteiger partial charge in [-0.05, 0) is 40.0 Å². The predicted octanol–water partition coefficient (Wildman–Crippen LogP) is 2.41. The zero-order chi connectivity index (χ0) is 13.2. The van der Waals surface area contributed by atoms with Crippen molar-refractivity contribution in [1.29, 1.82) is 0 Å². The van der Waals surface area contributed by atoms with Crippen molar-refractivity contribution in [2.24, 2.45) is 0 Å². The highest BCUT2D eigenvalue weighted by molar-refractivity contribution is 4.92. The highest BCUT2D eigenvalue weighted by Gasteiger charge is 2.36. The van der Waals surface area contributed by atoms with Gasteiger partial charge in [0.15, 0.2) is 0 Å². The van der Waals surface area contributed by atoms with Gasteiger partial charge in [-0.2, -0.15) is 0 Å². The third-order valence-corrected chi connectivity index (χ3v) is 4.48. The second-order valence-electron chi connectivity index (χ2n) is 6.69. The van der Waals surface area contributed by atoms with E-state index in [9.17, 15) is 0 Å². The minimum Gasteiger partial charge on any atom is -0.375 e. The zero-order valence-electron chi connectivity index (χ0n) is 12.5. The van der Waals surface area contributed by atoms with E-state index in [4.69, 9.17) is 4.74 Å². The van der Waals surface area contributed by atoms with Crippen molar-refractivity contribution in [3.8, 4) is 0 Å². The van der Waals surface area contributed by atoms with Crippen molar-refractivity contribution in [2.75, 3.05) is 19.7 Å². The molecule has 0 radical (unpaired) electrons. The molecule has 3 nitrogen and oxygen atoms in total.